The summed E-state index contributed by atoms with van der Waals surface area (Å²) >= 11 is 0. The second kappa shape index (κ2) is 6.37. The highest BCUT2D eigenvalue weighted by Crippen LogP contribution is 2.21. The number of rotatable bonds is 4. The number of nitrogens with zero attached hydrogens (tertiary/aromatic N) is 1. The molecule has 21 heavy (non-hydrogen) atoms. The van der Waals surface area contributed by atoms with Crippen molar-refractivity contribution in [1.29, 1.82) is 0 Å². The minimum Gasteiger partial charge on any atom is -0.494 e. The van der Waals surface area contributed by atoms with Crippen LogP contribution in [-0.4, -0.2) is 20.1 Å². The van der Waals surface area contributed by atoms with Gasteiger partial charge in [-0.25, -0.2) is 4.39 Å². The lowest BCUT2D eigenvalue weighted by molar-refractivity contribution is 0.0992. The standard InChI is InChI=1S/C16H17FN2O2/c1-19(13-6-3-11(10-18)4-7-13)16(20)12-5-8-15(21-2)14(17)9-12/h3-9H,10,18H2,1-2H3. The monoisotopic (exact) mass is 288 g/mol. The molecule has 0 aliphatic rings. The van der Waals surface area contributed by atoms with Gasteiger partial charge in [0.05, 0.1) is 7.11 Å². The van der Waals surface area contributed by atoms with E-state index in [1.165, 1.54) is 30.2 Å². The van der Waals surface area contributed by atoms with E-state index in [0.717, 1.165) is 5.56 Å². The van der Waals surface area contributed by atoms with Crippen LogP contribution in [0.2, 0.25) is 0 Å². The van der Waals surface area contributed by atoms with E-state index in [1.54, 1.807) is 19.2 Å². The molecule has 2 aromatic rings. The Kier molecular flexibility index (Phi) is 4.55. The Bertz CT molecular complexity index is 641. The number of methoxy groups -OCH3 is 1. The molecule has 2 aromatic carbocycles. The van der Waals surface area contributed by atoms with Crippen molar-refractivity contribution in [2.75, 3.05) is 19.1 Å². The van der Waals surface area contributed by atoms with Gasteiger partial charge in [-0.1, -0.05) is 12.1 Å². The van der Waals surface area contributed by atoms with Crippen LogP contribution < -0.4 is 15.4 Å². The number of carbonyl (C=O) groups is 1. The number of hydrogen-bond donors (Lipinski definition) is 1. The Hall–Kier alpha value is -2.40. The number of hydrogen-bond acceptors (Lipinski definition) is 3. The van der Waals surface area contributed by atoms with E-state index in [0.29, 0.717) is 12.2 Å². The van der Waals surface area contributed by atoms with Crippen LogP contribution >= 0.6 is 0 Å². The number of benzene rings is 2. The number of amides is 1. The molecular weight excluding hydrogens is 271 g/mol. The van der Waals surface area contributed by atoms with Gasteiger partial charge >= 0.3 is 0 Å². The normalized spacial score (nSPS) is 10.3. The van der Waals surface area contributed by atoms with Gasteiger partial charge in [0.1, 0.15) is 0 Å². The lowest BCUT2D eigenvalue weighted by Crippen LogP contribution is -2.26. The summed E-state index contributed by atoms with van der Waals surface area (Å²) in [4.78, 5) is 13.8. The molecule has 0 aromatic heterocycles. The summed E-state index contributed by atoms with van der Waals surface area (Å²) in [6.45, 7) is 0.446. The largest absolute Gasteiger partial charge is 0.494 e. The zero-order valence-electron chi connectivity index (χ0n) is 12.0. The van der Waals surface area contributed by atoms with E-state index in [4.69, 9.17) is 10.5 Å². The molecule has 5 heteroatoms. The van der Waals surface area contributed by atoms with Gasteiger partial charge in [0.25, 0.3) is 5.91 Å². The summed E-state index contributed by atoms with van der Waals surface area (Å²) in [6.07, 6.45) is 0. The Balaban J connectivity index is 2.23. The van der Waals surface area contributed by atoms with Crippen molar-refractivity contribution in [3.8, 4) is 5.75 Å². The van der Waals surface area contributed by atoms with Gasteiger partial charge in [0.2, 0.25) is 0 Å². The van der Waals surface area contributed by atoms with Crippen LogP contribution in [0.4, 0.5) is 10.1 Å². The summed E-state index contributed by atoms with van der Waals surface area (Å²) in [5.74, 6) is -0.742. The quantitative estimate of drug-likeness (QED) is 0.940. The van der Waals surface area contributed by atoms with Gasteiger partial charge in [-0.05, 0) is 35.9 Å². The fraction of sp³-hybridized carbons (Fsp3) is 0.188. The molecule has 1 amide bonds. The Morgan fingerprint density at radius 1 is 1.24 bits per heavy atom. The number of halogens is 1. The van der Waals surface area contributed by atoms with Crippen LogP contribution in [0.15, 0.2) is 42.5 Å². The molecule has 0 unspecified atom stereocenters. The molecule has 0 bridgehead atoms. The summed E-state index contributed by atoms with van der Waals surface area (Å²) < 4.78 is 18.5. The smallest absolute Gasteiger partial charge is 0.258 e. The molecule has 0 aliphatic heterocycles. The van der Waals surface area contributed by atoms with Crippen LogP contribution in [-0.2, 0) is 6.54 Å². The number of anilines is 1. The van der Waals surface area contributed by atoms with Crippen LogP contribution in [0, 0.1) is 5.82 Å². The van der Waals surface area contributed by atoms with Crippen molar-refractivity contribution < 1.29 is 13.9 Å². The molecule has 0 spiro atoms. The third-order valence-electron chi connectivity index (χ3n) is 3.26. The van der Waals surface area contributed by atoms with Crippen molar-refractivity contribution >= 4 is 11.6 Å². The Labute approximate surface area is 122 Å². The van der Waals surface area contributed by atoms with Gasteiger partial charge in [-0.3, -0.25) is 4.79 Å². The van der Waals surface area contributed by atoms with Crippen LogP contribution in [0.25, 0.3) is 0 Å². The highest BCUT2D eigenvalue weighted by Gasteiger charge is 2.15. The molecule has 0 aliphatic carbocycles. The first kappa shape index (κ1) is 15.0. The van der Waals surface area contributed by atoms with Crippen molar-refractivity contribution in [3.63, 3.8) is 0 Å². The van der Waals surface area contributed by atoms with Gasteiger partial charge in [0.15, 0.2) is 11.6 Å². The predicted molar refractivity (Wildman–Crippen MR) is 80.0 cm³/mol. The third-order valence-corrected chi connectivity index (χ3v) is 3.26. The molecule has 0 heterocycles. The highest BCUT2D eigenvalue weighted by atomic mass is 19.1. The third kappa shape index (κ3) is 3.20. The first-order valence-electron chi connectivity index (χ1n) is 6.47. The molecule has 2 N–H and O–H groups in total. The number of carbonyl (C=O) groups excluding carboxylic acids is 1. The predicted octanol–water partition coefficient (Wildman–Crippen LogP) is 2.57. The van der Waals surface area contributed by atoms with E-state index in [9.17, 15) is 9.18 Å². The lowest BCUT2D eigenvalue weighted by atomic mass is 10.1. The average Bonchev–Trinajstić information content (AvgIpc) is 2.53. The van der Waals surface area contributed by atoms with E-state index < -0.39 is 5.82 Å². The summed E-state index contributed by atoms with van der Waals surface area (Å²) in [6, 6.07) is 11.5. The molecule has 0 atom stereocenters. The van der Waals surface area contributed by atoms with E-state index >= 15 is 0 Å². The topological polar surface area (TPSA) is 55.6 Å². The molecule has 110 valence electrons. The Morgan fingerprint density at radius 3 is 2.43 bits per heavy atom. The molecular formula is C16H17FN2O2. The maximum absolute atomic E-state index is 13.7. The number of nitrogens with two attached hydrogens (primary N) is 1. The minimum atomic E-state index is -0.560. The van der Waals surface area contributed by atoms with Gasteiger partial charge in [0, 0.05) is 24.8 Å². The second-order valence-corrected chi connectivity index (χ2v) is 4.58. The molecule has 0 fully saturated rings. The first-order chi connectivity index (χ1) is 10.1. The summed E-state index contributed by atoms with van der Waals surface area (Å²) in [5.41, 5.74) is 7.50. The van der Waals surface area contributed by atoms with E-state index in [2.05, 4.69) is 0 Å². The highest BCUT2D eigenvalue weighted by molar-refractivity contribution is 6.05. The van der Waals surface area contributed by atoms with Crippen LogP contribution in [0.5, 0.6) is 5.75 Å². The Morgan fingerprint density at radius 2 is 1.90 bits per heavy atom. The SMILES string of the molecule is COc1ccc(C(=O)N(C)c2ccc(CN)cc2)cc1F. The van der Waals surface area contributed by atoms with Crippen molar-refractivity contribution in [3.05, 3.63) is 59.4 Å². The van der Waals surface area contributed by atoms with Gasteiger partial charge < -0.3 is 15.4 Å². The van der Waals surface area contributed by atoms with E-state index in [-0.39, 0.29) is 17.2 Å². The fourth-order valence-electron chi connectivity index (χ4n) is 1.97. The summed E-state index contributed by atoms with van der Waals surface area (Å²) in [5, 5.41) is 0. The average molecular weight is 288 g/mol. The van der Waals surface area contributed by atoms with Crippen LogP contribution in [0.3, 0.4) is 0 Å². The van der Waals surface area contributed by atoms with Crippen molar-refractivity contribution in [1.82, 2.24) is 0 Å². The number of ether oxygens (including phenoxy) is 1. The zero-order chi connectivity index (χ0) is 15.4. The molecule has 2 rings (SSSR count). The maximum atomic E-state index is 13.7. The maximum Gasteiger partial charge on any atom is 0.258 e. The lowest BCUT2D eigenvalue weighted by Gasteiger charge is -2.18. The van der Waals surface area contributed by atoms with Crippen LogP contribution in [0.1, 0.15) is 15.9 Å². The second-order valence-electron chi connectivity index (χ2n) is 4.58. The molecule has 0 radical (unpaired) electrons. The molecule has 0 saturated heterocycles. The minimum absolute atomic E-state index is 0.113. The molecule has 0 saturated carbocycles. The van der Waals surface area contributed by atoms with Crippen molar-refractivity contribution in [2.45, 2.75) is 6.54 Å². The van der Waals surface area contributed by atoms with E-state index in [1.807, 2.05) is 12.1 Å². The fourth-order valence-corrected chi connectivity index (χ4v) is 1.97. The van der Waals surface area contributed by atoms with Crippen molar-refractivity contribution in [2.24, 2.45) is 5.73 Å². The van der Waals surface area contributed by atoms with Gasteiger partial charge in [-0.2, -0.15) is 0 Å². The molecule has 4 nitrogen and oxygen atoms in total. The first-order valence-corrected chi connectivity index (χ1v) is 6.47. The zero-order valence-corrected chi connectivity index (χ0v) is 12.0. The summed E-state index contributed by atoms with van der Waals surface area (Å²) in [7, 11) is 3.02. The van der Waals surface area contributed by atoms with Gasteiger partial charge in [-0.15, -0.1) is 0 Å².